The SMILES string of the molecule is [2H]C(Oc1nc(N2CCOC[C@H]3[C@H](F)[C@H]32)c2cnc(-c3cc(N)cc4ccc(C)c(C#C)c34)c(F)c2n1)[C@@]12CCCN1C[C@H](F)C2. The Morgan fingerprint density at radius 2 is 2.13 bits per heavy atom. The molecule has 5 heterocycles. The summed E-state index contributed by atoms with van der Waals surface area (Å²) in [6.07, 6.45) is 6.78. The fourth-order valence-electron chi connectivity index (χ4n) is 7.63. The van der Waals surface area contributed by atoms with Crippen molar-refractivity contribution in [3.63, 3.8) is 0 Å². The first kappa shape index (κ1) is 27.2. The largest absolute Gasteiger partial charge is 0.461 e. The second kappa shape index (κ2) is 10.5. The van der Waals surface area contributed by atoms with E-state index in [1.54, 1.807) is 17.0 Å². The molecule has 0 amide bonds. The highest BCUT2D eigenvalue weighted by molar-refractivity contribution is 6.04. The fourth-order valence-corrected chi connectivity index (χ4v) is 7.63. The quantitative estimate of drug-likeness (QED) is 0.248. The molecule has 6 atom stereocenters. The van der Waals surface area contributed by atoms with Crippen LogP contribution in [0.5, 0.6) is 6.01 Å². The lowest BCUT2D eigenvalue weighted by Crippen LogP contribution is -2.43. The van der Waals surface area contributed by atoms with Crippen molar-refractivity contribution in [3.8, 4) is 29.6 Å². The first-order valence-corrected chi connectivity index (χ1v) is 15.3. The zero-order valence-electron chi connectivity index (χ0n) is 25.8. The molecule has 3 saturated heterocycles. The number of terminal acetylenes is 1. The van der Waals surface area contributed by atoms with Crippen LogP contribution in [-0.2, 0) is 4.74 Å². The minimum absolute atomic E-state index is 0.0200. The molecule has 0 bridgehead atoms. The van der Waals surface area contributed by atoms with Gasteiger partial charge in [0.15, 0.2) is 5.82 Å². The van der Waals surface area contributed by atoms with E-state index in [-0.39, 0.29) is 53.9 Å². The van der Waals surface area contributed by atoms with Crippen LogP contribution in [0.4, 0.5) is 24.7 Å². The molecule has 2 aromatic heterocycles. The van der Waals surface area contributed by atoms with E-state index in [9.17, 15) is 8.78 Å². The van der Waals surface area contributed by atoms with Crippen molar-refractivity contribution < 1.29 is 24.0 Å². The van der Waals surface area contributed by atoms with Crippen LogP contribution in [0.2, 0.25) is 0 Å². The van der Waals surface area contributed by atoms with Crippen LogP contribution in [0.15, 0.2) is 30.5 Å². The number of rotatable bonds is 5. The van der Waals surface area contributed by atoms with Gasteiger partial charge < -0.3 is 20.1 Å². The molecule has 4 aliphatic rings. The number of ether oxygens (including phenoxy) is 2. The maximum absolute atomic E-state index is 16.9. The van der Waals surface area contributed by atoms with Gasteiger partial charge in [-0.2, -0.15) is 9.97 Å². The molecule has 4 aromatic rings. The monoisotopic (exact) mass is 615 g/mol. The topological polar surface area (TPSA) is 89.6 Å². The highest BCUT2D eigenvalue weighted by Gasteiger charge is 2.56. The van der Waals surface area contributed by atoms with Crippen LogP contribution in [0.1, 0.15) is 31.8 Å². The molecule has 8 rings (SSSR count). The van der Waals surface area contributed by atoms with Gasteiger partial charge in [0, 0.05) is 53.8 Å². The molecular weight excluding hydrogens is 581 g/mol. The maximum atomic E-state index is 16.9. The Morgan fingerprint density at radius 1 is 1.27 bits per heavy atom. The summed E-state index contributed by atoms with van der Waals surface area (Å²) >= 11 is 0. The van der Waals surface area contributed by atoms with Gasteiger partial charge in [0.25, 0.3) is 0 Å². The molecule has 2 aromatic carbocycles. The van der Waals surface area contributed by atoms with Crippen molar-refractivity contribution in [1.29, 1.82) is 0 Å². The Morgan fingerprint density at radius 3 is 2.98 bits per heavy atom. The summed E-state index contributed by atoms with van der Waals surface area (Å²) in [7, 11) is 0. The molecule has 1 unspecified atom stereocenters. The molecule has 2 N–H and O–H groups in total. The zero-order valence-corrected chi connectivity index (χ0v) is 24.8. The number of nitrogens with zero attached hydrogens (tertiary/aromatic N) is 5. The molecule has 3 aliphatic heterocycles. The van der Waals surface area contributed by atoms with Gasteiger partial charge in [0.2, 0.25) is 0 Å². The van der Waals surface area contributed by atoms with Crippen LogP contribution in [0.25, 0.3) is 32.9 Å². The molecule has 1 saturated carbocycles. The minimum Gasteiger partial charge on any atom is -0.461 e. The highest BCUT2D eigenvalue weighted by atomic mass is 19.1. The third kappa shape index (κ3) is 4.49. The van der Waals surface area contributed by atoms with Crippen molar-refractivity contribution in [3.05, 3.63) is 47.4 Å². The number of nitrogens with two attached hydrogens (primary N) is 1. The summed E-state index contributed by atoms with van der Waals surface area (Å²) in [6, 6.07) is 6.43. The summed E-state index contributed by atoms with van der Waals surface area (Å²) in [5.41, 5.74) is 7.56. The minimum atomic E-state index is -1.22. The number of hydrogen-bond donors (Lipinski definition) is 1. The summed E-state index contributed by atoms with van der Waals surface area (Å²) < 4.78 is 67.2. The van der Waals surface area contributed by atoms with Gasteiger partial charge in [-0.15, -0.1) is 6.42 Å². The average molecular weight is 616 g/mol. The van der Waals surface area contributed by atoms with Gasteiger partial charge in [-0.05, 0) is 49.4 Å². The number of aryl methyl sites for hydroxylation is 1. The number of pyridine rings is 1. The lowest BCUT2D eigenvalue weighted by molar-refractivity contribution is 0.107. The molecule has 232 valence electrons. The van der Waals surface area contributed by atoms with Gasteiger partial charge in [-0.1, -0.05) is 18.1 Å². The lowest BCUT2D eigenvalue weighted by Gasteiger charge is -2.31. The van der Waals surface area contributed by atoms with Gasteiger partial charge in [0.05, 0.1) is 31.6 Å². The van der Waals surface area contributed by atoms with E-state index in [0.29, 0.717) is 48.3 Å². The lowest BCUT2D eigenvalue weighted by atomic mass is 9.93. The number of hydrogen-bond acceptors (Lipinski definition) is 8. The Hall–Kier alpha value is -4.14. The molecule has 0 spiro atoms. The summed E-state index contributed by atoms with van der Waals surface area (Å²) in [5.74, 6) is 1.88. The van der Waals surface area contributed by atoms with E-state index in [0.717, 1.165) is 17.4 Å². The number of alkyl halides is 2. The predicted molar refractivity (Wildman–Crippen MR) is 166 cm³/mol. The molecule has 0 radical (unpaired) electrons. The average Bonchev–Trinajstić information content (AvgIpc) is 3.41. The zero-order chi connectivity index (χ0) is 31.9. The number of halogens is 3. The number of benzene rings is 2. The number of fused-ring (bicyclic) bond motifs is 4. The molecule has 1 aliphatic carbocycles. The van der Waals surface area contributed by atoms with Crippen LogP contribution in [0, 0.1) is 31.0 Å². The van der Waals surface area contributed by atoms with Gasteiger partial charge in [-0.25, -0.2) is 13.2 Å². The molecule has 8 nitrogen and oxygen atoms in total. The third-order valence-corrected chi connectivity index (χ3v) is 9.89. The Bertz CT molecular complexity index is 1940. The van der Waals surface area contributed by atoms with Gasteiger partial charge in [-0.3, -0.25) is 9.88 Å². The highest BCUT2D eigenvalue weighted by Crippen LogP contribution is 2.46. The van der Waals surface area contributed by atoms with Crippen molar-refractivity contribution in [1.82, 2.24) is 19.9 Å². The maximum Gasteiger partial charge on any atom is 0.319 e. The second-order valence-corrected chi connectivity index (χ2v) is 12.6. The Labute approximate surface area is 260 Å². The second-order valence-electron chi connectivity index (χ2n) is 12.6. The van der Waals surface area contributed by atoms with E-state index < -0.39 is 36.3 Å². The van der Waals surface area contributed by atoms with E-state index in [2.05, 4.69) is 20.9 Å². The van der Waals surface area contributed by atoms with Crippen molar-refractivity contribution in [2.45, 2.75) is 50.1 Å². The number of aromatic nitrogens is 3. The Balaban J connectivity index is 1.31. The standard InChI is InChI=1S/C34H33F3N6O2/c1-3-22-18(2)5-6-19-11-21(38)12-23(26(19)22)29-28(37)30-24(14-39-29)32(43-9-10-44-16-25-27(36)31(25)43)41-33(40-30)45-17-34-7-4-8-42(34)15-20(35)13-34/h1,5-6,11-12,14,20,25,27,31H,4,7-10,13,15-17,38H2,2H3/t20-,25+,27+,31+,34+/m1/s1/i17D/t17?,20-,25+,27+,31+,34+. The van der Waals surface area contributed by atoms with Gasteiger partial charge >= 0.3 is 6.01 Å². The summed E-state index contributed by atoms with van der Waals surface area (Å²) in [5, 5.41) is 1.63. The van der Waals surface area contributed by atoms with E-state index in [4.69, 9.17) is 23.0 Å². The van der Waals surface area contributed by atoms with E-state index >= 15 is 4.39 Å². The normalized spacial score (nSPS) is 28.8. The summed E-state index contributed by atoms with van der Waals surface area (Å²) in [4.78, 5) is 17.4. The predicted octanol–water partition coefficient (Wildman–Crippen LogP) is 4.98. The van der Waals surface area contributed by atoms with Crippen LogP contribution < -0.4 is 15.4 Å². The number of anilines is 2. The molecule has 4 fully saturated rings. The summed E-state index contributed by atoms with van der Waals surface area (Å²) in [6.45, 7) is 2.50. The molecular formula is C34H33F3N6O2. The Kier molecular flexibility index (Phi) is 6.32. The fraction of sp³-hybridized carbons (Fsp3) is 0.441. The number of nitrogen functional groups attached to an aromatic ring is 1. The van der Waals surface area contributed by atoms with E-state index in [1.807, 2.05) is 24.0 Å². The van der Waals surface area contributed by atoms with Crippen molar-refractivity contribution >= 4 is 33.2 Å². The van der Waals surface area contributed by atoms with Gasteiger partial charge in [0.1, 0.15) is 36.0 Å². The molecule has 11 heteroatoms. The van der Waals surface area contributed by atoms with Crippen molar-refractivity contribution in [2.75, 3.05) is 50.1 Å². The van der Waals surface area contributed by atoms with E-state index in [1.165, 1.54) is 6.20 Å². The van der Waals surface area contributed by atoms with Crippen LogP contribution in [-0.4, -0.2) is 83.2 Å². The first-order valence-electron chi connectivity index (χ1n) is 15.9. The third-order valence-electron chi connectivity index (χ3n) is 9.89. The van der Waals surface area contributed by atoms with Crippen LogP contribution in [0.3, 0.4) is 0 Å². The first-order chi connectivity index (χ1) is 22.2. The van der Waals surface area contributed by atoms with Crippen molar-refractivity contribution in [2.24, 2.45) is 5.92 Å². The van der Waals surface area contributed by atoms with Crippen LogP contribution >= 0.6 is 0 Å². The molecule has 45 heavy (non-hydrogen) atoms. The smallest absolute Gasteiger partial charge is 0.319 e.